The second-order valence-electron chi connectivity index (χ2n) is 6.71. The van der Waals surface area contributed by atoms with Gasteiger partial charge in [-0.25, -0.2) is 0 Å². The number of carboxylic acids is 1. The second-order valence-corrected chi connectivity index (χ2v) is 6.71. The molecule has 0 unspecified atom stereocenters. The predicted octanol–water partition coefficient (Wildman–Crippen LogP) is 4.21. The normalized spacial score (nSPS) is 10.6. The Hall–Kier alpha value is -3.34. The first-order valence-corrected chi connectivity index (χ1v) is 9.20. The molecule has 0 bridgehead atoms. The minimum absolute atomic E-state index is 0.0421. The van der Waals surface area contributed by atoms with Crippen molar-refractivity contribution in [1.29, 1.82) is 0 Å². The first-order valence-electron chi connectivity index (χ1n) is 9.20. The van der Waals surface area contributed by atoms with Crippen LogP contribution in [0.3, 0.4) is 0 Å². The Kier molecular flexibility index (Phi) is 6.27. The van der Waals surface area contributed by atoms with Crippen molar-refractivity contribution in [3.8, 4) is 5.75 Å². The first kappa shape index (κ1) is 19.4. The van der Waals surface area contributed by atoms with Crippen LogP contribution in [0.2, 0.25) is 0 Å². The summed E-state index contributed by atoms with van der Waals surface area (Å²) in [6.45, 7) is 2.75. The lowest BCUT2D eigenvalue weighted by Crippen LogP contribution is -2.23. The second kappa shape index (κ2) is 9.04. The Labute approximate surface area is 164 Å². The third kappa shape index (κ3) is 5.10. The lowest BCUT2D eigenvalue weighted by Gasteiger charge is -2.15. The number of amides is 1. The number of hydrogen-bond donors (Lipinski definition) is 2. The number of fused-ring (bicyclic) bond motifs is 1. The SMILES string of the molecule is Cc1cccc(COc2ccc3ccccc3c2CNC(=O)CCC(=O)O)c1. The minimum atomic E-state index is -0.984. The van der Waals surface area contributed by atoms with Gasteiger partial charge in [0.1, 0.15) is 12.4 Å². The minimum Gasteiger partial charge on any atom is -0.489 e. The molecular formula is C23H23NO4. The fourth-order valence-electron chi connectivity index (χ4n) is 3.09. The van der Waals surface area contributed by atoms with Gasteiger partial charge in [-0.15, -0.1) is 0 Å². The van der Waals surface area contributed by atoms with Crippen LogP contribution < -0.4 is 10.1 Å². The summed E-state index contributed by atoms with van der Waals surface area (Å²) >= 11 is 0. The van der Waals surface area contributed by atoms with Crippen molar-refractivity contribution in [2.24, 2.45) is 0 Å². The molecule has 0 atom stereocenters. The maximum absolute atomic E-state index is 12.0. The third-order valence-corrected chi connectivity index (χ3v) is 4.50. The summed E-state index contributed by atoms with van der Waals surface area (Å²) in [4.78, 5) is 22.6. The van der Waals surface area contributed by atoms with Gasteiger partial charge in [-0.1, -0.05) is 60.2 Å². The molecular weight excluding hydrogens is 354 g/mol. The smallest absolute Gasteiger partial charge is 0.303 e. The quantitative estimate of drug-likeness (QED) is 0.617. The number of aryl methyl sites for hydroxylation is 1. The molecule has 0 aliphatic heterocycles. The number of ether oxygens (including phenoxy) is 1. The molecule has 0 aliphatic carbocycles. The Morgan fingerprint density at radius 3 is 2.61 bits per heavy atom. The van der Waals surface area contributed by atoms with E-state index < -0.39 is 5.97 Å². The van der Waals surface area contributed by atoms with E-state index in [1.165, 1.54) is 5.56 Å². The van der Waals surface area contributed by atoms with Crippen LogP contribution in [-0.4, -0.2) is 17.0 Å². The van der Waals surface area contributed by atoms with E-state index in [1.54, 1.807) is 0 Å². The zero-order valence-corrected chi connectivity index (χ0v) is 15.8. The van der Waals surface area contributed by atoms with Crippen molar-refractivity contribution < 1.29 is 19.4 Å². The summed E-state index contributed by atoms with van der Waals surface area (Å²) in [7, 11) is 0. The van der Waals surface area contributed by atoms with Gasteiger partial charge in [0.05, 0.1) is 6.42 Å². The molecule has 2 N–H and O–H groups in total. The van der Waals surface area contributed by atoms with E-state index in [0.717, 1.165) is 21.9 Å². The number of hydrogen-bond acceptors (Lipinski definition) is 3. The summed E-state index contributed by atoms with van der Waals surface area (Å²) in [6.07, 6.45) is -0.225. The highest BCUT2D eigenvalue weighted by atomic mass is 16.5. The third-order valence-electron chi connectivity index (χ3n) is 4.50. The van der Waals surface area contributed by atoms with Crippen LogP contribution in [0.1, 0.15) is 29.5 Å². The zero-order chi connectivity index (χ0) is 19.9. The molecule has 0 spiro atoms. The van der Waals surface area contributed by atoms with Gasteiger partial charge in [0.25, 0.3) is 0 Å². The van der Waals surface area contributed by atoms with Gasteiger partial charge in [0.15, 0.2) is 0 Å². The molecule has 0 radical (unpaired) electrons. The molecule has 3 aromatic rings. The predicted molar refractivity (Wildman–Crippen MR) is 108 cm³/mol. The highest BCUT2D eigenvalue weighted by Crippen LogP contribution is 2.29. The van der Waals surface area contributed by atoms with Crippen LogP contribution in [0.5, 0.6) is 5.75 Å². The number of carboxylic acid groups (broad SMARTS) is 1. The van der Waals surface area contributed by atoms with Gasteiger partial charge in [-0.05, 0) is 29.3 Å². The fraction of sp³-hybridized carbons (Fsp3) is 0.217. The largest absolute Gasteiger partial charge is 0.489 e. The molecule has 5 nitrogen and oxygen atoms in total. The fourth-order valence-corrected chi connectivity index (χ4v) is 3.09. The van der Waals surface area contributed by atoms with E-state index in [9.17, 15) is 9.59 Å². The Morgan fingerprint density at radius 2 is 1.82 bits per heavy atom. The molecule has 0 aromatic heterocycles. The average Bonchev–Trinajstić information content (AvgIpc) is 2.69. The molecule has 3 aromatic carbocycles. The highest BCUT2D eigenvalue weighted by Gasteiger charge is 2.12. The molecule has 5 heteroatoms. The summed E-state index contributed by atoms with van der Waals surface area (Å²) in [5.74, 6) is -0.568. The maximum atomic E-state index is 12.0. The number of aliphatic carboxylic acids is 1. The lowest BCUT2D eigenvalue weighted by molar-refractivity contribution is -0.138. The van der Waals surface area contributed by atoms with E-state index in [4.69, 9.17) is 9.84 Å². The molecule has 0 heterocycles. The molecule has 0 saturated carbocycles. The van der Waals surface area contributed by atoms with Gasteiger partial charge < -0.3 is 15.2 Å². The number of carbonyl (C=O) groups is 2. The van der Waals surface area contributed by atoms with Gasteiger partial charge in [-0.3, -0.25) is 9.59 Å². The highest BCUT2D eigenvalue weighted by molar-refractivity contribution is 5.88. The standard InChI is InChI=1S/C23H23NO4/c1-16-5-4-6-17(13-16)15-28-21-10-9-18-7-2-3-8-19(18)20(21)14-24-22(25)11-12-23(26)27/h2-10,13H,11-12,14-15H2,1H3,(H,24,25)(H,26,27). The zero-order valence-electron chi connectivity index (χ0n) is 15.8. The molecule has 1 amide bonds. The number of carbonyl (C=O) groups excluding carboxylic acids is 1. The van der Waals surface area contributed by atoms with E-state index in [0.29, 0.717) is 12.4 Å². The van der Waals surface area contributed by atoms with E-state index in [1.807, 2.05) is 61.5 Å². The van der Waals surface area contributed by atoms with Gasteiger partial charge in [-0.2, -0.15) is 0 Å². The molecule has 28 heavy (non-hydrogen) atoms. The topological polar surface area (TPSA) is 75.6 Å². The Morgan fingerprint density at radius 1 is 1.00 bits per heavy atom. The van der Waals surface area contributed by atoms with Crippen LogP contribution in [0.15, 0.2) is 60.7 Å². The maximum Gasteiger partial charge on any atom is 0.303 e. The number of nitrogens with one attached hydrogen (secondary N) is 1. The van der Waals surface area contributed by atoms with Crippen molar-refractivity contribution >= 4 is 22.6 Å². The van der Waals surface area contributed by atoms with E-state index in [2.05, 4.69) is 11.4 Å². The van der Waals surface area contributed by atoms with E-state index >= 15 is 0 Å². The van der Waals surface area contributed by atoms with Crippen LogP contribution >= 0.6 is 0 Å². The molecule has 0 aliphatic rings. The monoisotopic (exact) mass is 377 g/mol. The average molecular weight is 377 g/mol. The van der Waals surface area contributed by atoms with Crippen LogP contribution in [0.25, 0.3) is 10.8 Å². The van der Waals surface area contributed by atoms with Gasteiger partial charge in [0, 0.05) is 18.5 Å². The van der Waals surface area contributed by atoms with Crippen LogP contribution in [0.4, 0.5) is 0 Å². The first-order chi connectivity index (χ1) is 13.5. The molecule has 0 saturated heterocycles. The van der Waals surface area contributed by atoms with Crippen molar-refractivity contribution in [2.45, 2.75) is 32.9 Å². The lowest BCUT2D eigenvalue weighted by atomic mass is 10.0. The molecule has 144 valence electrons. The van der Waals surface area contributed by atoms with Gasteiger partial charge >= 0.3 is 5.97 Å². The molecule has 3 rings (SSSR count). The van der Waals surface area contributed by atoms with Crippen molar-refractivity contribution in [3.05, 3.63) is 77.4 Å². The summed E-state index contributed by atoms with van der Waals surface area (Å²) in [5, 5.41) is 13.6. The van der Waals surface area contributed by atoms with Crippen LogP contribution in [-0.2, 0) is 22.7 Å². The van der Waals surface area contributed by atoms with Gasteiger partial charge in [0.2, 0.25) is 5.91 Å². The van der Waals surface area contributed by atoms with E-state index in [-0.39, 0.29) is 25.3 Å². The van der Waals surface area contributed by atoms with Crippen molar-refractivity contribution in [1.82, 2.24) is 5.32 Å². The van der Waals surface area contributed by atoms with Crippen molar-refractivity contribution in [2.75, 3.05) is 0 Å². The Bertz CT molecular complexity index is 997. The summed E-state index contributed by atoms with van der Waals surface area (Å²) in [6, 6.07) is 20.0. The number of rotatable bonds is 8. The van der Waals surface area contributed by atoms with Crippen LogP contribution in [0, 0.1) is 6.92 Å². The summed E-state index contributed by atoms with van der Waals surface area (Å²) < 4.78 is 6.07. The number of benzene rings is 3. The Balaban J connectivity index is 1.80. The molecule has 0 fully saturated rings. The van der Waals surface area contributed by atoms with Crippen molar-refractivity contribution in [3.63, 3.8) is 0 Å². The summed E-state index contributed by atoms with van der Waals surface area (Å²) in [5.41, 5.74) is 3.13.